The van der Waals surface area contributed by atoms with E-state index < -0.39 is 6.10 Å². The van der Waals surface area contributed by atoms with Crippen LogP contribution in [-0.2, 0) is 6.54 Å². The van der Waals surface area contributed by atoms with Gasteiger partial charge in [0.1, 0.15) is 11.8 Å². The smallest absolute Gasteiger partial charge is 0.156 e. The molecule has 118 valence electrons. The van der Waals surface area contributed by atoms with E-state index in [4.69, 9.17) is 0 Å². The van der Waals surface area contributed by atoms with E-state index in [1.165, 1.54) is 6.33 Å². The fourth-order valence-electron chi connectivity index (χ4n) is 3.29. The minimum Gasteiger partial charge on any atom is -0.391 e. The highest BCUT2D eigenvalue weighted by Crippen LogP contribution is 2.30. The van der Waals surface area contributed by atoms with Crippen LogP contribution in [-0.4, -0.2) is 41.8 Å². The summed E-state index contributed by atoms with van der Waals surface area (Å²) in [5.41, 5.74) is 1.53. The number of anilines is 1. The van der Waals surface area contributed by atoms with Gasteiger partial charge >= 0.3 is 0 Å². The number of hydrogen-bond donors (Lipinski definition) is 2. The van der Waals surface area contributed by atoms with Crippen molar-refractivity contribution in [3.05, 3.63) is 43.4 Å². The van der Waals surface area contributed by atoms with Gasteiger partial charge in [-0.25, -0.2) is 15.0 Å². The van der Waals surface area contributed by atoms with E-state index in [2.05, 4.69) is 29.8 Å². The Morgan fingerprint density at radius 1 is 1.22 bits per heavy atom. The van der Waals surface area contributed by atoms with Crippen LogP contribution in [0.15, 0.2) is 43.4 Å². The van der Waals surface area contributed by atoms with Gasteiger partial charge in [-0.3, -0.25) is 4.98 Å². The van der Waals surface area contributed by atoms with Crippen LogP contribution in [0.2, 0.25) is 0 Å². The fraction of sp³-hybridized carbons (Fsp3) is 0.375. The Bertz CT molecular complexity index is 785. The van der Waals surface area contributed by atoms with Gasteiger partial charge < -0.3 is 15.0 Å². The predicted molar refractivity (Wildman–Crippen MR) is 85.7 cm³/mol. The molecule has 0 aliphatic heterocycles. The molecule has 1 fully saturated rings. The second kappa shape index (κ2) is 5.92. The Kier molecular flexibility index (Phi) is 3.63. The number of pyridine rings is 1. The highest BCUT2D eigenvalue weighted by atomic mass is 16.3. The quantitative estimate of drug-likeness (QED) is 0.758. The van der Waals surface area contributed by atoms with Crippen molar-refractivity contribution in [1.82, 2.24) is 24.5 Å². The maximum absolute atomic E-state index is 10.4. The summed E-state index contributed by atoms with van der Waals surface area (Å²) in [6, 6.07) is 3.73. The summed E-state index contributed by atoms with van der Waals surface area (Å²) in [6.07, 6.45) is 10.1. The van der Waals surface area contributed by atoms with Crippen molar-refractivity contribution in [2.45, 2.75) is 31.5 Å². The highest BCUT2D eigenvalue weighted by Gasteiger charge is 2.33. The van der Waals surface area contributed by atoms with Gasteiger partial charge in [-0.05, 0) is 30.9 Å². The number of rotatable bonds is 4. The Balaban J connectivity index is 1.50. The first-order valence-corrected chi connectivity index (χ1v) is 7.75. The summed E-state index contributed by atoms with van der Waals surface area (Å²) in [5, 5.41) is 13.7. The lowest BCUT2D eigenvalue weighted by molar-refractivity contribution is 0.166. The third-order valence-corrected chi connectivity index (χ3v) is 4.37. The Morgan fingerprint density at radius 2 is 2.17 bits per heavy atom. The zero-order chi connectivity index (χ0) is 15.6. The third-order valence-electron chi connectivity index (χ3n) is 4.37. The van der Waals surface area contributed by atoms with Crippen LogP contribution in [0.5, 0.6) is 0 Å². The van der Waals surface area contributed by atoms with Crippen LogP contribution in [0.4, 0.5) is 5.82 Å². The summed E-state index contributed by atoms with van der Waals surface area (Å²) in [6.45, 7) is 0.873. The maximum Gasteiger partial charge on any atom is 0.156 e. The molecule has 1 aliphatic rings. The van der Waals surface area contributed by atoms with Crippen LogP contribution >= 0.6 is 0 Å². The molecule has 1 unspecified atom stereocenters. The van der Waals surface area contributed by atoms with Gasteiger partial charge in [-0.1, -0.05) is 0 Å². The second-order valence-electron chi connectivity index (χ2n) is 6.01. The van der Waals surface area contributed by atoms with Gasteiger partial charge in [0.2, 0.25) is 0 Å². The Labute approximate surface area is 133 Å². The number of aliphatic hydroxyl groups excluding tert-OH is 1. The first-order chi connectivity index (χ1) is 11.3. The van der Waals surface area contributed by atoms with Crippen molar-refractivity contribution >= 4 is 16.9 Å². The van der Waals surface area contributed by atoms with Crippen molar-refractivity contribution in [1.29, 1.82) is 0 Å². The topological polar surface area (TPSA) is 88.8 Å². The predicted octanol–water partition coefficient (Wildman–Crippen LogP) is 1.47. The van der Waals surface area contributed by atoms with E-state index in [0.717, 1.165) is 30.4 Å². The van der Waals surface area contributed by atoms with Crippen molar-refractivity contribution < 1.29 is 5.11 Å². The SMILES string of the molecule is O[C@@H]1CC(Cn2ccnc2)C[C@H]1Nc1ncnc2cccnc12. The Morgan fingerprint density at radius 3 is 3.04 bits per heavy atom. The monoisotopic (exact) mass is 310 g/mol. The van der Waals surface area contributed by atoms with E-state index in [1.54, 1.807) is 12.4 Å². The first-order valence-electron chi connectivity index (χ1n) is 7.75. The summed E-state index contributed by atoms with van der Waals surface area (Å²) in [4.78, 5) is 16.9. The molecular weight excluding hydrogens is 292 g/mol. The molecule has 0 bridgehead atoms. The van der Waals surface area contributed by atoms with Crippen LogP contribution in [0.1, 0.15) is 12.8 Å². The molecule has 1 saturated carbocycles. The maximum atomic E-state index is 10.4. The zero-order valence-corrected chi connectivity index (χ0v) is 12.6. The van der Waals surface area contributed by atoms with Gasteiger partial charge in [0.05, 0.1) is 24.0 Å². The standard InChI is InChI=1S/C16H18N6O/c23-14-7-11(8-22-5-4-17-10-22)6-13(14)21-16-15-12(19-9-20-16)2-1-3-18-15/h1-5,9-11,13-14,23H,6-8H2,(H,19,20,21)/t11?,13-,14-/m1/s1. The lowest BCUT2D eigenvalue weighted by Gasteiger charge is -2.17. The molecule has 2 N–H and O–H groups in total. The zero-order valence-electron chi connectivity index (χ0n) is 12.6. The molecule has 7 nitrogen and oxygen atoms in total. The fourth-order valence-corrected chi connectivity index (χ4v) is 3.29. The molecule has 3 aromatic rings. The van der Waals surface area contributed by atoms with E-state index in [1.807, 2.05) is 24.7 Å². The molecule has 7 heteroatoms. The molecule has 0 amide bonds. The average molecular weight is 310 g/mol. The lowest BCUT2D eigenvalue weighted by atomic mass is 10.1. The number of hydrogen-bond acceptors (Lipinski definition) is 6. The summed E-state index contributed by atoms with van der Waals surface area (Å²) in [7, 11) is 0. The molecule has 23 heavy (non-hydrogen) atoms. The second-order valence-corrected chi connectivity index (χ2v) is 6.01. The summed E-state index contributed by atoms with van der Waals surface area (Å²) >= 11 is 0. The summed E-state index contributed by atoms with van der Waals surface area (Å²) < 4.78 is 2.06. The van der Waals surface area contributed by atoms with E-state index in [9.17, 15) is 5.11 Å². The number of nitrogens with one attached hydrogen (secondary N) is 1. The number of imidazole rings is 1. The van der Waals surface area contributed by atoms with Gasteiger partial charge in [-0.15, -0.1) is 0 Å². The van der Waals surface area contributed by atoms with E-state index in [-0.39, 0.29) is 6.04 Å². The summed E-state index contributed by atoms with van der Waals surface area (Å²) in [5.74, 6) is 1.10. The van der Waals surface area contributed by atoms with Gasteiger partial charge in [0.15, 0.2) is 5.82 Å². The van der Waals surface area contributed by atoms with Crippen LogP contribution in [0.25, 0.3) is 11.0 Å². The van der Waals surface area contributed by atoms with Crippen molar-refractivity contribution in [3.8, 4) is 0 Å². The van der Waals surface area contributed by atoms with Gasteiger partial charge in [0, 0.05) is 25.1 Å². The normalized spacial score (nSPS) is 24.1. The van der Waals surface area contributed by atoms with E-state index >= 15 is 0 Å². The van der Waals surface area contributed by atoms with Crippen molar-refractivity contribution in [2.75, 3.05) is 5.32 Å². The molecule has 0 saturated heterocycles. The number of nitrogens with zero attached hydrogens (tertiary/aromatic N) is 5. The average Bonchev–Trinajstić information content (AvgIpc) is 3.18. The molecule has 3 heterocycles. The lowest BCUT2D eigenvalue weighted by Crippen LogP contribution is -2.28. The largest absolute Gasteiger partial charge is 0.391 e. The molecule has 3 aromatic heterocycles. The molecule has 0 aromatic carbocycles. The van der Waals surface area contributed by atoms with E-state index in [0.29, 0.717) is 11.7 Å². The minimum absolute atomic E-state index is 0.0244. The van der Waals surface area contributed by atoms with Crippen LogP contribution in [0.3, 0.4) is 0 Å². The third kappa shape index (κ3) is 2.87. The highest BCUT2D eigenvalue weighted by molar-refractivity contribution is 5.84. The molecule has 1 aliphatic carbocycles. The Hall–Kier alpha value is -2.54. The van der Waals surface area contributed by atoms with Crippen LogP contribution in [0, 0.1) is 5.92 Å². The van der Waals surface area contributed by atoms with Gasteiger partial charge in [0.25, 0.3) is 0 Å². The van der Waals surface area contributed by atoms with Crippen molar-refractivity contribution in [3.63, 3.8) is 0 Å². The van der Waals surface area contributed by atoms with Crippen molar-refractivity contribution in [2.24, 2.45) is 5.92 Å². The van der Waals surface area contributed by atoms with Gasteiger partial charge in [-0.2, -0.15) is 0 Å². The number of aromatic nitrogens is 5. The van der Waals surface area contributed by atoms with Crippen LogP contribution < -0.4 is 5.32 Å². The molecular formula is C16H18N6O. The minimum atomic E-state index is -0.391. The number of aliphatic hydroxyl groups is 1. The molecule has 0 spiro atoms. The molecule has 3 atom stereocenters. The first kappa shape index (κ1) is 14.1. The molecule has 4 rings (SSSR count). The molecule has 0 radical (unpaired) electrons. The number of fused-ring (bicyclic) bond motifs is 1.